The van der Waals surface area contributed by atoms with Crippen LogP contribution >= 0.6 is 0 Å². The lowest BCUT2D eigenvalue weighted by Gasteiger charge is -2.20. The van der Waals surface area contributed by atoms with Crippen LogP contribution < -0.4 is 4.90 Å². The van der Waals surface area contributed by atoms with Gasteiger partial charge in [0.2, 0.25) is 0 Å². The molecule has 2 atom stereocenters. The van der Waals surface area contributed by atoms with Crippen molar-refractivity contribution >= 4 is 17.6 Å². The lowest BCUT2D eigenvalue weighted by molar-refractivity contribution is -0.128. The molecule has 3 amide bonds. The number of aliphatic hydroxyl groups is 1. The Morgan fingerprint density at radius 2 is 1.96 bits per heavy atom. The molecule has 0 spiro atoms. The van der Waals surface area contributed by atoms with E-state index in [-0.39, 0.29) is 25.7 Å². The highest BCUT2D eigenvalue weighted by molar-refractivity contribution is 6.14. The number of carbonyl (C=O) groups excluding carboxylic acids is 2. The van der Waals surface area contributed by atoms with Crippen molar-refractivity contribution in [3.8, 4) is 0 Å². The SMILES string of the molecule is C[C@H]1C(=O)N(C[C@@H](O)COCc2ccco2)C(=O)N1c1ccccc1. The number of imide groups is 1. The molecular formula is C18H20N2O5. The van der Waals surface area contributed by atoms with E-state index in [0.717, 1.165) is 4.90 Å². The number of benzene rings is 1. The van der Waals surface area contributed by atoms with E-state index in [1.54, 1.807) is 43.3 Å². The van der Waals surface area contributed by atoms with E-state index in [9.17, 15) is 14.7 Å². The van der Waals surface area contributed by atoms with Crippen LogP contribution in [0.15, 0.2) is 53.1 Å². The maximum Gasteiger partial charge on any atom is 0.332 e. The number of ether oxygens (including phenoxy) is 1. The second-order valence-electron chi connectivity index (χ2n) is 5.86. The van der Waals surface area contributed by atoms with Crippen molar-refractivity contribution in [3.05, 3.63) is 54.5 Å². The van der Waals surface area contributed by atoms with Crippen molar-refractivity contribution < 1.29 is 23.8 Å². The summed E-state index contributed by atoms with van der Waals surface area (Å²) in [7, 11) is 0. The van der Waals surface area contributed by atoms with Gasteiger partial charge < -0.3 is 14.3 Å². The van der Waals surface area contributed by atoms with E-state index in [2.05, 4.69) is 0 Å². The number of anilines is 1. The zero-order chi connectivity index (χ0) is 17.8. The standard InChI is InChI=1S/C18H20N2O5/c1-13-17(22)19(18(23)20(13)14-6-3-2-4-7-14)10-15(21)11-24-12-16-8-5-9-25-16/h2-9,13,15,21H,10-12H2,1H3/t13-,15+/m0/s1. The minimum absolute atomic E-state index is 0.00250. The molecule has 1 aliphatic heterocycles. The average Bonchev–Trinajstić information content (AvgIpc) is 3.19. The fraction of sp³-hybridized carbons (Fsp3) is 0.333. The Morgan fingerprint density at radius 3 is 2.64 bits per heavy atom. The van der Waals surface area contributed by atoms with Gasteiger partial charge in [-0.05, 0) is 31.2 Å². The molecule has 1 saturated heterocycles. The summed E-state index contributed by atoms with van der Waals surface area (Å²) in [6.45, 7) is 1.78. The van der Waals surface area contributed by atoms with Gasteiger partial charge in [-0.2, -0.15) is 0 Å². The summed E-state index contributed by atoms with van der Waals surface area (Å²) < 4.78 is 10.5. The van der Waals surface area contributed by atoms with Crippen LogP contribution in [0.2, 0.25) is 0 Å². The third-order valence-electron chi connectivity index (χ3n) is 4.01. The van der Waals surface area contributed by atoms with Gasteiger partial charge in [0, 0.05) is 5.69 Å². The number of para-hydroxylation sites is 1. The summed E-state index contributed by atoms with van der Waals surface area (Å²) in [5.74, 6) is 0.309. The van der Waals surface area contributed by atoms with Crippen molar-refractivity contribution in [2.75, 3.05) is 18.1 Å². The molecule has 7 nitrogen and oxygen atoms in total. The van der Waals surface area contributed by atoms with Gasteiger partial charge in [-0.3, -0.25) is 14.6 Å². The van der Waals surface area contributed by atoms with Crippen LogP contribution in [0.4, 0.5) is 10.5 Å². The summed E-state index contributed by atoms with van der Waals surface area (Å²) in [5, 5.41) is 10.1. The molecule has 0 aliphatic carbocycles. The van der Waals surface area contributed by atoms with Gasteiger partial charge in [0.25, 0.3) is 5.91 Å². The molecule has 0 unspecified atom stereocenters. The van der Waals surface area contributed by atoms with E-state index >= 15 is 0 Å². The number of amides is 3. The van der Waals surface area contributed by atoms with Gasteiger partial charge >= 0.3 is 6.03 Å². The van der Waals surface area contributed by atoms with Crippen LogP contribution in [0, 0.1) is 0 Å². The molecule has 1 aliphatic rings. The van der Waals surface area contributed by atoms with Crippen molar-refractivity contribution in [1.82, 2.24) is 4.90 Å². The van der Waals surface area contributed by atoms with Crippen molar-refractivity contribution in [3.63, 3.8) is 0 Å². The van der Waals surface area contributed by atoms with Gasteiger partial charge in [-0.15, -0.1) is 0 Å². The highest BCUT2D eigenvalue weighted by Gasteiger charge is 2.43. The predicted molar refractivity (Wildman–Crippen MR) is 89.9 cm³/mol. The first-order valence-corrected chi connectivity index (χ1v) is 8.05. The topological polar surface area (TPSA) is 83.2 Å². The second-order valence-corrected chi connectivity index (χ2v) is 5.86. The van der Waals surface area contributed by atoms with Gasteiger partial charge in [0.1, 0.15) is 18.4 Å². The van der Waals surface area contributed by atoms with Crippen LogP contribution in [0.3, 0.4) is 0 Å². The molecule has 2 heterocycles. The summed E-state index contributed by atoms with van der Waals surface area (Å²) in [6.07, 6.45) is 0.571. The zero-order valence-corrected chi connectivity index (χ0v) is 13.9. The normalized spacial score (nSPS) is 18.9. The van der Waals surface area contributed by atoms with E-state index in [0.29, 0.717) is 11.4 Å². The first kappa shape index (κ1) is 17.2. The largest absolute Gasteiger partial charge is 0.467 e. The summed E-state index contributed by atoms with van der Waals surface area (Å²) in [5.41, 5.74) is 0.652. The molecule has 0 saturated carbocycles. The second kappa shape index (κ2) is 7.50. The number of furan rings is 1. The summed E-state index contributed by atoms with van der Waals surface area (Å²) >= 11 is 0. The van der Waals surface area contributed by atoms with Crippen molar-refractivity contribution in [2.45, 2.75) is 25.7 Å². The zero-order valence-electron chi connectivity index (χ0n) is 13.9. The Labute approximate surface area is 145 Å². The van der Waals surface area contributed by atoms with E-state index < -0.39 is 18.2 Å². The monoisotopic (exact) mass is 344 g/mol. The Balaban J connectivity index is 1.58. The molecule has 0 bridgehead atoms. The molecule has 132 valence electrons. The maximum atomic E-state index is 12.6. The number of hydrogen-bond acceptors (Lipinski definition) is 5. The van der Waals surface area contributed by atoms with Crippen LogP contribution in [0.1, 0.15) is 12.7 Å². The first-order valence-electron chi connectivity index (χ1n) is 8.05. The summed E-state index contributed by atoms with van der Waals surface area (Å²) in [6, 6.07) is 11.5. The van der Waals surface area contributed by atoms with E-state index in [1.165, 1.54) is 11.2 Å². The Hall–Kier alpha value is -2.64. The third kappa shape index (κ3) is 3.72. The molecule has 7 heteroatoms. The Morgan fingerprint density at radius 1 is 1.20 bits per heavy atom. The quantitative estimate of drug-likeness (QED) is 0.777. The molecule has 1 aromatic carbocycles. The van der Waals surface area contributed by atoms with Crippen LogP contribution in [-0.2, 0) is 16.1 Å². The number of carbonyl (C=O) groups is 2. The maximum absolute atomic E-state index is 12.6. The molecule has 3 rings (SSSR count). The number of aliphatic hydroxyl groups excluding tert-OH is 1. The van der Waals surface area contributed by atoms with Gasteiger partial charge in [0.15, 0.2) is 0 Å². The molecule has 1 N–H and O–H groups in total. The minimum Gasteiger partial charge on any atom is -0.467 e. The molecule has 25 heavy (non-hydrogen) atoms. The number of rotatable bonds is 7. The van der Waals surface area contributed by atoms with Crippen LogP contribution in [0.5, 0.6) is 0 Å². The highest BCUT2D eigenvalue weighted by atomic mass is 16.5. The highest BCUT2D eigenvalue weighted by Crippen LogP contribution is 2.25. The molecular weight excluding hydrogens is 324 g/mol. The van der Waals surface area contributed by atoms with Crippen LogP contribution in [0.25, 0.3) is 0 Å². The molecule has 1 fully saturated rings. The smallest absolute Gasteiger partial charge is 0.332 e. The van der Waals surface area contributed by atoms with Gasteiger partial charge in [-0.1, -0.05) is 18.2 Å². The van der Waals surface area contributed by atoms with E-state index in [1.807, 2.05) is 6.07 Å². The fourth-order valence-corrected chi connectivity index (χ4v) is 2.77. The fourth-order valence-electron chi connectivity index (χ4n) is 2.77. The third-order valence-corrected chi connectivity index (χ3v) is 4.01. The Kier molecular flexibility index (Phi) is 5.16. The van der Waals surface area contributed by atoms with Gasteiger partial charge in [0.05, 0.1) is 25.5 Å². The predicted octanol–water partition coefficient (Wildman–Crippen LogP) is 2.01. The van der Waals surface area contributed by atoms with E-state index in [4.69, 9.17) is 9.15 Å². The molecule has 1 aromatic heterocycles. The van der Waals surface area contributed by atoms with Crippen molar-refractivity contribution in [1.29, 1.82) is 0 Å². The number of hydrogen-bond donors (Lipinski definition) is 1. The van der Waals surface area contributed by atoms with Gasteiger partial charge in [-0.25, -0.2) is 4.79 Å². The summed E-state index contributed by atoms with van der Waals surface area (Å²) in [4.78, 5) is 27.5. The van der Waals surface area contributed by atoms with Crippen LogP contribution in [-0.4, -0.2) is 47.2 Å². The molecule has 2 aromatic rings. The molecule has 0 radical (unpaired) electrons. The first-order chi connectivity index (χ1) is 12.1. The lowest BCUT2D eigenvalue weighted by Crippen LogP contribution is -2.40. The number of nitrogens with zero attached hydrogens (tertiary/aromatic N) is 2. The average molecular weight is 344 g/mol. The number of urea groups is 1. The lowest BCUT2D eigenvalue weighted by atomic mass is 10.2. The van der Waals surface area contributed by atoms with Crippen molar-refractivity contribution in [2.24, 2.45) is 0 Å². The Bertz CT molecular complexity index is 716. The number of β-amino-alcohol motifs (C(OH)–C–C–N with tert-alkyl or cyclic N) is 1. The minimum atomic E-state index is -0.967.